The van der Waals surface area contributed by atoms with E-state index in [4.69, 9.17) is 9.47 Å². The molecule has 2 aliphatic rings. The van der Waals surface area contributed by atoms with Crippen molar-refractivity contribution in [2.24, 2.45) is 0 Å². The third-order valence-electron chi connectivity index (χ3n) is 4.37. The summed E-state index contributed by atoms with van der Waals surface area (Å²) in [6.45, 7) is 9.41. The number of hydrogen-bond donors (Lipinski definition) is 1. The Labute approximate surface area is 127 Å². The third kappa shape index (κ3) is 3.50. The second-order valence-electron chi connectivity index (χ2n) is 5.78. The van der Waals surface area contributed by atoms with E-state index in [2.05, 4.69) is 29.3 Å². The fourth-order valence-electron chi connectivity index (χ4n) is 3.17. The molecule has 0 aromatic heterocycles. The van der Waals surface area contributed by atoms with Crippen LogP contribution in [-0.2, 0) is 12.8 Å². The largest absolute Gasteiger partial charge is 0.490 e. The van der Waals surface area contributed by atoms with Crippen LogP contribution in [0.4, 0.5) is 0 Å². The molecule has 4 heteroatoms. The predicted octanol–water partition coefficient (Wildman–Crippen LogP) is 1.86. The van der Waals surface area contributed by atoms with Gasteiger partial charge in [-0.2, -0.15) is 0 Å². The Kier molecular flexibility index (Phi) is 4.99. The van der Waals surface area contributed by atoms with Crippen molar-refractivity contribution in [1.29, 1.82) is 0 Å². The average molecular weight is 290 g/mol. The molecule has 21 heavy (non-hydrogen) atoms. The number of piperazine rings is 1. The van der Waals surface area contributed by atoms with Crippen molar-refractivity contribution >= 4 is 0 Å². The first-order valence-corrected chi connectivity index (χ1v) is 8.22. The van der Waals surface area contributed by atoms with Crippen LogP contribution in [0, 0.1) is 0 Å². The number of ether oxygens (including phenoxy) is 2. The molecule has 1 N–H and O–H groups in total. The number of nitrogens with one attached hydrogen (secondary N) is 1. The van der Waals surface area contributed by atoms with E-state index in [9.17, 15) is 0 Å². The number of benzene rings is 1. The Morgan fingerprint density at radius 3 is 2.76 bits per heavy atom. The molecule has 0 aliphatic carbocycles. The Morgan fingerprint density at radius 2 is 1.95 bits per heavy atom. The summed E-state index contributed by atoms with van der Waals surface area (Å²) in [4.78, 5) is 2.54. The van der Waals surface area contributed by atoms with Gasteiger partial charge in [-0.05, 0) is 24.5 Å². The molecular weight excluding hydrogens is 264 g/mol. The molecule has 1 aromatic carbocycles. The fourth-order valence-corrected chi connectivity index (χ4v) is 3.17. The molecule has 4 nitrogen and oxygen atoms in total. The van der Waals surface area contributed by atoms with Crippen LogP contribution in [0.5, 0.6) is 11.5 Å². The van der Waals surface area contributed by atoms with E-state index < -0.39 is 0 Å². The molecule has 0 saturated carbocycles. The van der Waals surface area contributed by atoms with Gasteiger partial charge in [0.1, 0.15) is 0 Å². The average Bonchev–Trinajstić information content (AvgIpc) is 2.78. The highest BCUT2D eigenvalue weighted by Gasteiger charge is 2.18. The first kappa shape index (κ1) is 14.7. The van der Waals surface area contributed by atoms with E-state index in [-0.39, 0.29) is 0 Å². The zero-order valence-electron chi connectivity index (χ0n) is 13.0. The lowest BCUT2D eigenvalue weighted by atomic mass is 10.00. The molecule has 2 heterocycles. The van der Waals surface area contributed by atoms with Crippen molar-refractivity contribution < 1.29 is 9.47 Å². The highest BCUT2D eigenvalue weighted by molar-refractivity contribution is 5.51. The molecule has 0 radical (unpaired) electrons. The highest BCUT2D eigenvalue weighted by atomic mass is 16.5. The summed E-state index contributed by atoms with van der Waals surface area (Å²) < 4.78 is 11.8. The lowest BCUT2D eigenvalue weighted by Crippen LogP contribution is -2.44. The van der Waals surface area contributed by atoms with Crippen molar-refractivity contribution in [1.82, 2.24) is 10.2 Å². The van der Waals surface area contributed by atoms with Crippen LogP contribution in [0.1, 0.15) is 24.5 Å². The molecule has 116 valence electrons. The number of hydrogen-bond acceptors (Lipinski definition) is 4. The lowest BCUT2D eigenvalue weighted by Gasteiger charge is -2.27. The molecule has 1 aromatic rings. The first-order valence-electron chi connectivity index (χ1n) is 8.22. The predicted molar refractivity (Wildman–Crippen MR) is 84.4 cm³/mol. The zero-order valence-corrected chi connectivity index (χ0v) is 13.0. The minimum Gasteiger partial charge on any atom is -0.490 e. The quantitative estimate of drug-likeness (QED) is 0.918. The van der Waals surface area contributed by atoms with E-state index in [1.54, 1.807) is 0 Å². The van der Waals surface area contributed by atoms with Gasteiger partial charge in [0.05, 0.1) is 13.2 Å². The first-order chi connectivity index (χ1) is 10.4. The second-order valence-corrected chi connectivity index (χ2v) is 5.78. The van der Waals surface area contributed by atoms with Gasteiger partial charge in [0.25, 0.3) is 0 Å². The standard InChI is InChI=1S/C17H26N2O2/c1-2-15-14(6-9-19-10-7-18-8-11-19)4-5-16-17(15)21-13-3-12-20-16/h4-5,18H,2-3,6-13H2,1H3. The Morgan fingerprint density at radius 1 is 1.14 bits per heavy atom. The summed E-state index contributed by atoms with van der Waals surface area (Å²) in [7, 11) is 0. The molecule has 0 spiro atoms. The molecule has 1 fully saturated rings. The Hall–Kier alpha value is -1.26. The van der Waals surface area contributed by atoms with Crippen LogP contribution >= 0.6 is 0 Å². The van der Waals surface area contributed by atoms with Crippen molar-refractivity contribution in [3.05, 3.63) is 23.3 Å². The molecule has 2 aliphatic heterocycles. The summed E-state index contributed by atoms with van der Waals surface area (Å²) in [5, 5.41) is 3.41. The maximum absolute atomic E-state index is 5.95. The number of rotatable bonds is 4. The smallest absolute Gasteiger partial charge is 0.164 e. The molecule has 1 saturated heterocycles. The van der Waals surface area contributed by atoms with Crippen molar-refractivity contribution in [3.8, 4) is 11.5 Å². The maximum Gasteiger partial charge on any atom is 0.164 e. The SMILES string of the molecule is CCc1c(CCN2CCNCC2)ccc2c1OCCCO2. The highest BCUT2D eigenvalue weighted by Crippen LogP contribution is 2.36. The summed E-state index contributed by atoms with van der Waals surface area (Å²) in [6, 6.07) is 4.32. The van der Waals surface area contributed by atoms with Crippen molar-refractivity contribution in [2.45, 2.75) is 26.2 Å². The summed E-state index contributed by atoms with van der Waals surface area (Å²) >= 11 is 0. The van der Waals surface area contributed by atoms with Crippen LogP contribution < -0.4 is 14.8 Å². The third-order valence-corrected chi connectivity index (χ3v) is 4.37. The van der Waals surface area contributed by atoms with Gasteiger partial charge in [0.2, 0.25) is 0 Å². The number of nitrogens with zero attached hydrogens (tertiary/aromatic N) is 1. The van der Waals surface area contributed by atoms with Crippen LogP contribution in [0.2, 0.25) is 0 Å². The minimum absolute atomic E-state index is 0.760. The van der Waals surface area contributed by atoms with Crippen molar-refractivity contribution in [3.63, 3.8) is 0 Å². The zero-order chi connectivity index (χ0) is 14.5. The Balaban J connectivity index is 1.73. The van der Waals surface area contributed by atoms with E-state index in [1.807, 2.05) is 0 Å². The van der Waals surface area contributed by atoms with E-state index in [0.29, 0.717) is 0 Å². The summed E-state index contributed by atoms with van der Waals surface area (Å²) in [5.41, 5.74) is 2.75. The van der Waals surface area contributed by atoms with Gasteiger partial charge in [-0.1, -0.05) is 13.0 Å². The minimum atomic E-state index is 0.760. The monoisotopic (exact) mass is 290 g/mol. The molecule has 0 amide bonds. The normalized spacial score (nSPS) is 19.3. The van der Waals surface area contributed by atoms with Gasteiger partial charge in [-0.25, -0.2) is 0 Å². The van der Waals surface area contributed by atoms with E-state index in [0.717, 1.165) is 76.7 Å². The van der Waals surface area contributed by atoms with Gasteiger partial charge in [0, 0.05) is 44.7 Å². The Bertz CT molecular complexity index is 470. The number of fused-ring (bicyclic) bond motifs is 1. The summed E-state index contributed by atoms with van der Waals surface area (Å²) in [5.74, 6) is 1.92. The topological polar surface area (TPSA) is 33.7 Å². The lowest BCUT2D eigenvalue weighted by molar-refractivity contribution is 0.243. The van der Waals surface area contributed by atoms with Gasteiger partial charge >= 0.3 is 0 Å². The van der Waals surface area contributed by atoms with Gasteiger partial charge < -0.3 is 19.7 Å². The van der Waals surface area contributed by atoms with Gasteiger partial charge in [0.15, 0.2) is 11.5 Å². The van der Waals surface area contributed by atoms with E-state index in [1.165, 1.54) is 11.1 Å². The molecular formula is C17H26N2O2. The molecule has 0 unspecified atom stereocenters. The van der Waals surface area contributed by atoms with Gasteiger partial charge in [-0.15, -0.1) is 0 Å². The van der Waals surface area contributed by atoms with Crippen LogP contribution in [0.15, 0.2) is 12.1 Å². The van der Waals surface area contributed by atoms with E-state index >= 15 is 0 Å². The van der Waals surface area contributed by atoms with Crippen LogP contribution in [0.25, 0.3) is 0 Å². The summed E-state index contributed by atoms with van der Waals surface area (Å²) in [6.07, 6.45) is 3.07. The second kappa shape index (κ2) is 7.14. The fraction of sp³-hybridized carbons (Fsp3) is 0.647. The van der Waals surface area contributed by atoms with Crippen LogP contribution in [0.3, 0.4) is 0 Å². The van der Waals surface area contributed by atoms with Gasteiger partial charge in [-0.3, -0.25) is 0 Å². The molecule has 3 rings (SSSR count). The molecule has 0 atom stereocenters. The van der Waals surface area contributed by atoms with Crippen molar-refractivity contribution in [2.75, 3.05) is 45.9 Å². The maximum atomic E-state index is 5.95. The molecule has 0 bridgehead atoms. The van der Waals surface area contributed by atoms with Crippen LogP contribution in [-0.4, -0.2) is 50.8 Å².